The first-order valence-electron chi connectivity index (χ1n) is 5.55. The minimum absolute atomic E-state index is 0.288. The summed E-state index contributed by atoms with van der Waals surface area (Å²) < 4.78 is 5.24. The summed E-state index contributed by atoms with van der Waals surface area (Å²) in [5.74, 6) is 1.29. The van der Waals surface area contributed by atoms with Crippen LogP contribution in [0.5, 0.6) is 0 Å². The molecule has 0 N–H and O–H groups in total. The first-order valence-corrected chi connectivity index (χ1v) is 5.55. The molecule has 1 fully saturated rings. The SMILES string of the molecule is O=C(CC1=NCCO1)C1CCCCC1. The second-order valence-corrected chi connectivity index (χ2v) is 4.10. The van der Waals surface area contributed by atoms with E-state index in [2.05, 4.69) is 4.99 Å². The molecular formula is C11H17NO2. The van der Waals surface area contributed by atoms with Crippen molar-refractivity contribution < 1.29 is 9.53 Å². The molecule has 78 valence electrons. The lowest BCUT2D eigenvalue weighted by Crippen LogP contribution is -2.20. The summed E-state index contributed by atoms with van der Waals surface area (Å²) in [4.78, 5) is 15.9. The minimum atomic E-state index is 0.288. The van der Waals surface area contributed by atoms with Crippen LogP contribution < -0.4 is 0 Å². The van der Waals surface area contributed by atoms with Gasteiger partial charge in [-0.1, -0.05) is 19.3 Å². The molecule has 0 aromatic rings. The zero-order chi connectivity index (χ0) is 9.80. The van der Waals surface area contributed by atoms with Crippen molar-refractivity contribution in [1.82, 2.24) is 0 Å². The molecule has 2 rings (SSSR count). The predicted molar refractivity (Wildman–Crippen MR) is 54.5 cm³/mol. The Morgan fingerprint density at radius 2 is 2.14 bits per heavy atom. The van der Waals surface area contributed by atoms with Crippen molar-refractivity contribution in [2.24, 2.45) is 10.9 Å². The largest absolute Gasteiger partial charge is 0.479 e. The van der Waals surface area contributed by atoms with Gasteiger partial charge in [0.25, 0.3) is 0 Å². The maximum Gasteiger partial charge on any atom is 0.190 e. The number of nitrogens with zero attached hydrogens (tertiary/aromatic N) is 1. The van der Waals surface area contributed by atoms with Crippen molar-refractivity contribution in [3.8, 4) is 0 Å². The highest BCUT2D eigenvalue weighted by molar-refractivity contribution is 5.99. The molecule has 14 heavy (non-hydrogen) atoms. The molecule has 0 unspecified atom stereocenters. The number of Topliss-reactive ketones (excluding diaryl/α,β-unsaturated/α-hetero) is 1. The molecule has 1 heterocycles. The quantitative estimate of drug-likeness (QED) is 0.690. The average molecular weight is 195 g/mol. The molecule has 0 spiro atoms. The molecule has 0 aromatic carbocycles. The van der Waals surface area contributed by atoms with E-state index in [1.54, 1.807) is 0 Å². The predicted octanol–water partition coefficient (Wildman–Crippen LogP) is 1.95. The standard InChI is InChI=1S/C11H17NO2/c13-10(8-11-12-6-7-14-11)9-4-2-1-3-5-9/h9H,1-8H2. The molecule has 1 aliphatic carbocycles. The van der Waals surface area contributed by atoms with Crippen LogP contribution in [0.1, 0.15) is 38.5 Å². The number of carbonyl (C=O) groups excluding carboxylic acids is 1. The molecule has 0 amide bonds. The van der Waals surface area contributed by atoms with E-state index in [9.17, 15) is 4.79 Å². The Morgan fingerprint density at radius 3 is 2.79 bits per heavy atom. The molecule has 2 aliphatic rings. The van der Waals surface area contributed by atoms with Gasteiger partial charge in [0.1, 0.15) is 12.4 Å². The Morgan fingerprint density at radius 1 is 1.36 bits per heavy atom. The van der Waals surface area contributed by atoms with Crippen molar-refractivity contribution in [3.05, 3.63) is 0 Å². The molecular weight excluding hydrogens is 178 g/mol. The van der Waals surface area contributed by atoms with E-state index >= 15 is 0 Å². The van der Waals surface area contributed by atoms with Crippen LogP contribution in [0.2, 0.25) is 0 Å². The van der Waals surface area contributed by atoms with Gasteiger partial charge in [0.2, 0.25) is 0 Å². The molecule has 1 saturated carbocycles. The third kappa shape index (κ3) is 2.34. The van der Waals surface area contributed by atoms with Gasteiger partial charge in [0, 0.05) is 5.92 Å². The topological polar surface area (TPSA) is 38.7 Å². The van der Waals surface area contributed by atoms with Crippen LogP contribution in [-0.2, 0) is 9.53 Å². The Hall–Kier alpha value is -0.860. The average Bonchev–Trinajstić information content (AvgIpc) is 2.72. The number of rotatable bonds is 3. The second-order valence-electron chi connectivity index (χ2n) is 4.10. The monoisotopic (exact) mass is 195 g/mol. The van der Waals surface area contributed by atoms with E-state index in [0.717, 1.165) is 19.4 Å². The number of ketones is 1. The Balaban J connectivity index is 1.81. The maximum absolute atomic E-state index is 11.8. The van der Waals surface area contributed by atoms with Crippen molar-refractivity contribution in [2.75, 3.05) is 13.2 Å². The van der Waals surface area contributed by atoms with Crippen LogP contribution in [0, 0.1) is 5.92 Å². The first kappa shape index (κ1) is 9.69. The highest BCUT2D eigenvalue weighted by Crippen LogP contribution is 2.25. The number of hydrogen-bond donors (Lipinski definition) is 0. The Bertz CT molecular complexity index is 242. The lowest BCUT2D eigenvalue weighted by atomic mass is 9.85. The van der Waals surface area contributed by atoms with Crippen molar-refractivity contribution in [2.45, 2.75) is 38.5 Å². The third-order valence-corrected chi connectivity index (χ3v) is 3.03. The molecule has 1 aliphatic heterocycles. The van der Waals surface area contributed by atoms with Crippen LogP contribution in [-0.4, -0.2) is 24.8 Å². The van der Waals surface area contributed by atoms with E-state index < -0.39 is 0 Å². The second kappa shape index (κ2) is 4.58. The van der Waals surface area contributed by atoms with E-state index in [1.165, 1.54) is 19.3 Å². The molecule has 0 atom stereocenters. The van der Waals surface area contributed by atoms with Gasteiger partial charge >= 0.3 is 0 Å². The van der Waals surface area contributed by atoms with Crippen LogP contribution in [0.15, 0.2) is 4.99 Å². The van der Waals surface area contributed by atoms with E-state index in [4.69, 9.17) is 4.74 Å². The molecule has 0 aromatic heterocycles. The van der Waals surface area contributed by atoms with Crippen LogP contribution in [0.25, 0.3) is 0 Å². The van der Waals surface area contributed by atoms with Crippen LogP contribution in [0.4, 0.5) is 0 Å². The van der Waals surface area contributed by atoms with Gasteiger partial charge in [-0.2, -0.15) is 0 Å². The zero-order valence-electron chi connectivity index (χ0n) is 8.50. The summed E-state index contributed by atoms with van der Waals surface area (Å²) in [6.45, 7) is 1.39. The maximum atomic E-state index is 11.8. The van der Waals surface area contributed by atoms with E-state index in [0.29, 0.717) is 24.7 Å². The van der Waals surface area contributed by atoms with Crippen molar-refractivity contribution in [1.29, 1.82) is 0 Å². The normalized spacial score (nSPS) is 23.0. The smallest absolute Gasteiger partial charge is 0.190 e. The van der Waals surface area contributed by atoms with Gasteiger partial charge in [-0.25, -0.2) is 0 Å². The van der Waals surface area contributed by atoms with Gasteiger partial charge in [-0.3, -0.25) is 9.79 Å². The van der Waals surface area contributed by atoms with Gasteiger partial charge in [-0.15, -0.1) is 0 Å². The summed E-state index contributed by atoms with van der Waals surface area (Å²) in [5.41, 5.74) is 0. The van der Waals surface area contributed by atoms with Crippen LogP contribution >= 0.6 is 0 Å². The molecule has 0 saturated heterocycles. The van der Waals surface area contributed by atoms with E-state index in [1.807, 2.05) is 0 Å². The lowest BCUT2D eigenvalue weighted by Gasteiger charge is -2.19. The summed E-state index contributed by atoms with van der Waals surface area (Å²) in [5, 5.41) is 0. The fraction of sp³-hybridized carbons (Fsp3) is 0.818. The van der Waals surface area contributed by atoms with E-state index in [-0.39, 0.29) is 5.92 Å². The summed E-state index contributed by atoms with van der Waals surface area (Å²) >= 11 is 0. The Kier molecular flexibility index (Phi) is 3.17. The fourth-order valence-corrected chi connectivity index (χ4v) is 2.20. The van der Waals surface area contributed by atoms with Gasteiger partial charge in [-0.05, 0) is 12.8 Å². The Labute approximate surface area is 84.5 Å². The molecule has 3 heteroatoms. The third-order valence-electron chi connectivity index (χ3n) is 3.03. The van der Waals surface area contributed by atoms with Gasteiger partial charge in [0.05, 0.1) is 13.0 Å². The molecule has 0 radical (unpaired) electrons. The fourth-order valence-electron chi connectivity index (χ4n) is 2.20. The number of carbonyl (C=O) groups is 1. The summed E-state index contributed by atoms with van der Waals surface area (Å²) in [6.07, 6.45) is 6.30. The molecule has 0 bridgehead atoms. The minimum Gasteiger partial charge on any atom is -0.479 e. The zero-order valence-corrected chi connectivity index (χ0v) is 8.50. The van der Waals surface area contributed by atoms with Gasteiger partial charge in [0.15, 0.2) is 5.90 Å². The lowest BCUT2D eigenvalue weighted by molar-refractivity contribution is -0.122. The molecule has 3 nitrogen and oxygen atoms in total. The highest BCUT2D eigenvalue weighted by atomic mass is 16.5. The van der Waals surface area contributed by atoms with Crippen molar-refractivity contribution in [3.63, 3.8) is 0 Å². The number of hydrogen-bond acceptors (Lipinski definition) is 3. The van der Waals surface area contributed by atoms with Gasteiger partial charge < -0.3 is 4.74 Å². The van der Waals surface area contributed by atoms with Crippen LogP contribution in [0.3, 0.4) is 0 Å². The first-order chi connectivity index (χ1) is 6.86. The number of aliphatic imine (C=N–C) groups is 1. The highest BCUT2D eigenvalue weighted by Gasteiger charge is 2.23. The summed E-state index contributed by atoms with van der Waals surface area (Å²) in [7, 11) is 0. The van der Waals surface area contributed by atoms with Crippen molar-refractivity contribution >= 4 is 11.7 Å². The number of ether oxygens (including phenoxy) is 1. The summed E-state index contributed by atoms with van der Waals surface area (Å²) in [6, 6.07) is 0.